The Morgan fingerprint density at radius 1 is 1.05 bits per heavy atom. The van der Waals surface area contributed by atoms with E-state index in [0.717, 1.165) is 31.9 Å². The molecule has 0 aromatic rings. The van der Waals surface area contributed by atoms with Crippen LogP contribution in [0.4, 0.5) is 0 Å². The normalized spacial score (nSPS) is 17.7. The minimum absolute atomic E-state index is 0.296. The third kappa shape index (κ3) is 6.71. The highest BCUT2D eigenvalue weighted by molar-refractivity contribution is 5.84. The summed E-state index contributed by atoms with van der Waals surface area (Å²) in [7, 11) is 6.45. The predicted molar refractivity (Wildman–Crippen MR) is 79.5 cm³/mol. The molecule has 7 nitrogen and oxygen atoms in total. The average Bonchev–Trinajstić information content (AvgIpc) is 2.55. The molecule has 0 spiro atoms. The largest absolute Gasteiger partial charge is 0.381 e. The molecule has 1 rings (SSSR count). The van der Waals surface area contributed by atoms with Gasteiger partial charge in [-0.3, -0.25) is 4.99 Å². The lowest BCUT2D eigenvalue weighted by Gasteiger charge is -2.26. The Balaban J connectivity index is 2.61. The quantitative estimate of drug-likeness (QED) is 0.383. The minimum atomic E-state index is -0.331. The van der Waals surface area contributed by atoms with E-state index in [1.807, 2.05) is 0 Å². The highest BCUT2D eigenvalue weighted by Gasteiger charge is 2.21. The predicted octanol–water partition coefficient (Wildman–Crippen LogP) is 0.639. The Morgan fingerprint density at radius 3 is 2.14 bits per heavy atom. The monoisotopic (exact) mass is 304 g/mol. The topological polar surface area (TPSA) is 70.5 Å². The molecule has 0 aliphatic carbocycles. The number of ether oxygens (including phenoxy) is 5. The number of aliphatic imine (C=N–C) groups is 1. The van der Waals surface area contributed by atoms with E-state index >= 15 is 0 Å². The van der Waals surface area contributed by atoms with Crippen molar-refractivity contribution in [3.05, 3.63) is 0 Å². The van der Waals surface area contributed by atoms with Gasteiger partial charge in [0, 0.05) is 47.6 Å². The maximum absolute atomic E-state index is 5.40. The molecule has 0 bridgehead atoms. The molecule has 0 saturated carbocycles. The SMILES string of the molecule is COC(CN=C(NCC(OC)OC)C1CCOCC1)OC. The van der Waals surface area contributed by atoms with Gasteiger partial charge in [-0.1, -0.05) is 0 Å². The van der Waals surface area contributed by atoms with Gasteiger partial charge in [0.2, 0.25) is 0 Å². The van der Waals surface area contributed by atoms with Crippen LogP contribution in [0.5, 0.6) is 0 Å². The molecule has 1 aliphatic heterocycles. The zero-order valence-corrected chi connectivity index (χ0v) is 13.5. The van der Waals surface area contributed by atoms with Crippen molar-refractivity contribution in [1.29, 1.82) is 0 Å². The Bertz CT molecular complexity index is 287. The average molecular weight is 304 g/mol. The molecule has 0 amide bonds. The standard InChI is InChI=1S/C14H28N2O5/c1-17-12(18-2)9-15-14(11-5-7-21-8-6-11)16-10-13(19-3)20-4/h11-13H,5-10H2,1-4H3,(H,15,16). The fraction of sp³-hybridized carbons (Fsp3) is 0.929. The highest BCUT2D eigenvalue weighted by atomic mass is 16.7. The van der Waals surface area contributed by atoms with Crippen LogP contribution >= 0.6 is 0 Å². The third-order valence-electron chi connectivity index (χ3n) is 3.52. The van der Waals surface area contributed by atoms with Crippen molar-refractivity contribution >= 4 is 5.84 Å². The van der Waals surface area contributed by atoms with Crippen LogP contribution in [0.1, 0.15) is 12.8 Å². The van der Waals surface area contributed by atoms with Crippen LogP contribution in [0.2, 0.25) is 0 Å². The molecule has 1 fully saturated rings. The highest BCUT2D eigenvalue weighted by Crippen LogP contribution is 2.16. The number of hydrogen-bond donors (Lipinski definition) is 1. The molecule has 0 atom stereocenters. The molecule has 0 unspecified atom stereocenters. The minimum Gasteiger partial charge on any atom is -0.381 e. The van der Waals surface area contributed by atoms with Crippen LogP contribution in [0, 0.1) is 5.92 Å². The van der Waals surface area contributed by atoms with E-state index in [1.54, 1.807) is 28.4 Å². The fourth-order valence-electron chi connectivity index (χ4n) is 2.17. The number of amidine groups is 1. The summed E-state index contributed by atoms with van der Waals surface area (Å²) in [6, 6.07) is 0. The first-order valence-corrected chi connectivity index (χ1v) is 7.22. The zero-order chi connectivity index (χ0) is 15.5. The maximum Gasteiger partial charge on any atom is 0.176 e. The third-order valence-corrected chi connectivity index (χ3v) is 3.52. The van der Waals surface area contributed by atoms with E-state index in [0.29, 0.717) is 19.0 Å². The lowest BCUT2D eigenvalue weighted by atomic mass is 9.99. The Morgan fingerprint density at radius 2 is 1.62 bits per heavy atom. The number of hydrogen-bond acceptors (Lipinski definition) is 6. The summed E-state index contributed by atoms with van der Waals surface area (Å²) in [5.41, 5.74) is 0. The molecule has 0 radical (unpaired) electrons. The fourth-order valence-corrected chi connectivity index (χ4v) is 2.17. The summed E-state index contributed by atoms with van der Waals surface area (Å²) >= 11 is 0. The van der Waals surface area contributed by atoms with E-state index in [-0.39, 0.29) is 12.6 Å². The van der Waals surface area contributed by atoms with Gasteiger partial charge < -0.3 is 29.0 Å². The van der Waals surface area contributed by atoms with Crippen molar-refractivity contribution in [2.75, 3.05) is 54.7 Å². The first-order valence-electron chi connectivity index (χ1n) is 7.22. The molecule has 1 N–H and O–H groups in total. The second-order valence-corrected chi connectivity index (χ2v) is 4.80. The van der Waals surface area contributed by atoms with Crippen molar-refractivity contribution in [1.82, 2.24) is 5.32 Å². The number of methoxy groups -OCH3 is 4. The van der Waals surface area contributed by atoms with Crippen LogP contribution < -0.4 is 5.32 Å². The second-order valence-electron chi connectivity index (χ2n) is 4.80. The molecule has 124 valence electrons. The molecule has 1 saturated heterocycles. The Kier molecular flexibility index (Phi) is 9.53. The van der Waals surface area contributed by atoms with Crippen LogP contribution in [0.25, 0.3) is 0 Å². The summed E-state index contributed by atoms with van der Waals surface area (Å²) in [5, 5.41) is 3.33. The molecule has 7 heteroatoms. The number of rotatable bonds is 9. The first-order chi connectivity index (χ1) is 10.2. The van der Waals surface area contributed by atoms with Crippen LogP contribution in [0.3, 0.4) is 0 Å². The van der Waals surface area contributed by atoms with Crippen LogP contribution in [0.15, 0.2) is 4.99 Å². The summed E-state index contributed by atoms with van der Waals surface area (Å²) in [6.45, 7) is 2.54. The Labute approximate surface area is 126 Å². The first kappa shape index (κ1) is 18.3. The van der Waals surface area contributed by atoms with Gasteiger partial charge in [-0.2, -0.15) is 0 Å². The molecule has 21 heavy (non-hydrogen) atoms. The van der Waals surface area contributed by atoms with Gasteiger partial charge in [0.1, 0.15) is 0 Å². The van der Waals surface area contributed by atoms with E-state index in [4.69, 9.17) is 23.7 Å². The summed E-state index contributed by atoms with van der Waals surface area (Å²) < 4.78 is 26.1. The van der Waals surface area contributed by atoms with Crippen molar-refractivity contribution < 1.29 is 23.7 Å². The smallest absolute Gasteiger partial charge is 0.176 e. The van der Waals surface area contributed by atoms with Crippen molar-refractivity contribution in [2.24, 2.45) is 10.9 Å². The molecule has 0 aromatic heterocycles. The van der Waals surface area contributed by atoms with Crippen LogP contribution in [-0.4, -0.2) is 73.2 Å². The van der Waals surface area contributed by atoms with Gasteiger partial charge in [-0.15, -0.1) is 0 Å². The lowest BCUT2D eigenvalue weighted by Crippen LogP contribution is -2.40. The maximum atomic E-state index is 5.40. The van der Waals surface area contributed by atoms with E-state index in [2.05, 4.69) is 10.3 Å². The van der Waals surface area contributed by atoms with Gasteiger partial charge in [0.05, 0.1) is 18.9 Å². The molecular formula is C14H28N2O5. The lowest BCUT2D eigenvalue weighted by molar-refractivity contribution is -0.0971. The van der Waals surface area contributed by atoms with Crippen molar-refractivity contribution in [3.63, 3.8) is 0 Å². The Hall–Kier alpha value is -0.730. The van der Waals surface area contributed by atoms with Crippen molar-refractivity contribution in [3.8, 4) is 0 Å². The molecular weight excluding hydrogens is 276 g/mol. The van der Waals surface area contributed by atoms with E-state index in [1.165, 1.54) is 0 Å². The van der Waals surface area contributed by atoms with Gasteiger partial charge in [-0.25, -0.2) is 0 Å². The number of nitrogens with one attached hydrogen (secondary N) is 1. The summed E-state index contributed by atoms with van der Waals surface area (Å²) in [5.74, 6) is 1.30. The number of nitrogens with zero attached hydrogens (tertiary/aromatic N) is 1. The van der Waals surface area contributed by atoms with E-state index < -0.39 is 0 Å². The van der Waals surface area contributed by atoms with Crippen LogP contribution in [-0.2, 0) is 23.7 Å². The van der Waals surface area contributed by atoms with Gasteiger partial charge >= 0.3 is 0 Å². The van der Waals surface area contributed by atoms with Gasteiger partial charge in [0.25, 0.3) is 0 Å². The summed E-state index contributed by atoms with van der Waals surface area (Å²) in [6.07, 6.45) is 1.29. The molecule has 0 aromatic carbocycles. The second kappa shape index (κ2) is 10.9. The van der Waals surface area contributed by atoms with Gasteiger partial charge in [0.15, 0.2) is 12.6 Å². The van der Waals surface area contributed by atoms with Gasteiger partial charge in [-0.05, 0) is 12.8 Å². The van der Waals surface area contributed by atoms with E-state index in [9.17, 15) is 0 Å². The molecule has 1 heterocycles. The van der Waals surface area contributed by atoms with Crippen molar-refractivity contribution in [2.45, 2.75) is 25.4 Å². The zero-order valence-electron chi connectivity index (χ0n) is 13.5. The summed E-state index contributed by atoms with van der Waals surface area (Å²) in [4.78, 5) is 4.62. The molecule has 1 aliphatic rings.